The number of Topliss-reactive ketones (excluding diaryl/α,β-unsaturated/α-hetero) is 1. The summed E-state index contributed by atoms with van der Waals surface area (Å²) in [4.78, 5) is 32.7. The van der Waals surface area contributed by atoms with Crippen LogP contribution >= 0.6 is 11.8 Å². The molecule has 5 rings (SSSR count). The van der Waals surface area contributed by atoms with Crippen LogP contribution in [0.3, 0.4) is 0 Å². The minimum atomic E-state index is -1.04. The molecular formula is C23H21N5O4S. The molecule has 0 amide bonds. The van der Waals surface area contributed by atoms with Crippen LogP contribution < -0.4 is 10.1 Å². The number of nitrogens with one attached hydrogen (secondary N) is 1. The Labute approximate surface area is 193 Å². The molecule has 0 bridgehead atoms. The van der Waals surface area contributed by atoms with E-state index in [0.717, 1.165) is 29.8 Å². The number of carboxylic acid groups (broad SMARTS) is 1. The van der Waals surface area contributed by atoms with Crippen LogP contribution in [-0.4, -0.2) is 43.2 Å². The molecule has 0 spiro atoms. The monoisotopic (exact) mass is 463 g/mol. The number of aliphatic carboxylic acids is 1. The zero-order valence-electron chi connectivity index (χ0n) is 17.6. The Morgan fingerprint density at radius 1 is 1.21 bits per heavy atom. The van der Waals surface area contributed by atoms with Gasteiger partial charge in [0.1, 0.15) is 11.8 Å². The summed E-state index contributed by atoms with van der Waals surface area (Å²) >= 11 is 1.49. The maximum absolute atomic E-state index is 12.9. The van der Waals surface area contributed by atoms with E-state index in [4.69, 9.17) is 14.9 Å². The molecule has 2 aliphatic rings. The molecule has 168 valence electrons. The molecule has 1 aliphatic heterocycles. The Bertz CT molecular complexity index is 1220. The van der Waals surface area contributed by atoms with E-state index >= 15 is 0 Å². The predicted molar refractivity (Wildman–Crippen MR) is 121 cm³/mol. The molecular weight excluding hydrogens is 442 g/mol. The van der Waals surface area contributed by atoms with Gasteiger partial charge < -0.3 is 15.2 Å². The third-order valence-corrected chi connectivity index (χ3v) is 6.35. The van der Waals surface area contributed by atoms with Crippen LogP contribution in [0, 0.1) is 0 Å². The van der Waals surface area contributed by atoms with Crippen LogP contribution in [0.5, 0.6) is 5.75 Å². The summed E-state index contributed by atoms with van der Waals surface area (Å²) < 4.78 is 7.01. The zero-order chi connectivity index (χ0) is 22.8. The van der Waals surface area contributed by atoms with Crippen LogP contribution in [-0.2, 0) is 15.3 Å². The molecule has 0 saturated heterocycles. The van der Waals surface area contributed by atoms with Gasteiger partial charge in [0.15, 0.2) is 12.4 Å². The molecule has 0 radical (unpaired) electrons. The molecule has 3 heterocycles. The summed E-state index contributed by atoms with van der Waals surface area (Å²) in [6.07, 6.45) is 3.84. The number of pyridine rings is 1. The third-order valence-electron chi connectivity index (χ3n) is 5.48. The van der Waals surface area contributed by atoms with Crippen LogP contribution in [0.1, 0.15) is 36.6 Å². The van der Waals surface area contributed by atoms with Gasteiger partial charge in [0.05, 0.1) is 5.69 Å². The Hall–Kier alpha value is -3.66. The van der Waals surface area contributed by atoms with Crippen LogP contribution in [0.4, 0.5) is 5.95 Å². The van der Waals surface area contributed by atoms with Crippen molar-refractivity contribution in [1.82, 2.24) is 19.7 Å². The molecule has 1 unspecified atom stereocenters. The lowest BCUT2D eigenvalue weighted by Gasteiger charge is -2.32. The molecule has 10 heteroatoms. The first kappa shape index (κ1) is 21.2. The third kappa shape index (κ3) is 4.47. The average Bonchev–Trinajstić information content (AvgIpc) is 3.24. The first-order chi connectivity index (χ1) is 16.1. The largest absolute Gasteiger partial charge is 0.482 e. The average molecular weight is 464 g/mol. The van der Waals surface area contributed by atoms with Gasteiger partial charge in [0.25, 0.3) is 0 Å². The minimum Gasteiger partial charge on any atom is -0.482 e. The number of rotatable bonds is 7. The smallest absolute Gasteiger partial charge is 0.341 e. The topological polar surface area (TPSA) is 119 Å². The van der Waals surface area contributed by atoms with Crippen molar-refractivity contribution in [2.75, 3.05) is 11.9 Å². The lowest BCUT2D eigenvalue weighted by molar-refractivity contribution is -0.139. The van der Waals surface area contributed by atoms with Gasteiger partial charge in [-0.2, -0.15) is 4.98 Å². The van der Waals surface area contributed by atoms with Crippen LogP contribution in [0.25, 0.3) is 0 Å². The summed E-state index contributed by atoms with van der Waals surface area (Å²) in [6, 6.07) is 12.5. The molecule has 2 aromatic heterocycles. The minimum absolute atomic E-state index is 0.101. The van der Waals surface area contributed by atoms with E-state index in [1.165, 1.54) is 11.8 Å². The number of anilines is 1. The number of ketones is 1. The first-order valence-corrected chi connectivity index (χ1v) is 11.5. The number of carbonyl (C=O) groups excluding carboxylic acids is 1. The molecule has 1 atom stereocenters. The number of allylic oxidation sites excluding steroid dienone is 2. The SMILES string of the molecule is O=C(O)COc1ccc(C2C3=C(CCCC3=O)Nc3nc(SCc4ccccn4)nn32)cc1. The molecule has 1 aromatic carbocycles. The maximum Gasteiger partial charge on any atom is 0.341 e. The fourth-order valence-electron chi connectivity index (χ4n) is 4.02. The maximum atomic E-state index is 12.9. The standard InChI is InChI=1S/C23H21N5O4S/c29-18-6-3-5-17-20(18)21(14-7-9-16(10-8-14)32-12-19(30)31)28-22(25-17)26-23(27-28)33-13-15-4-1-2-11-24-15/h1-2,4,7-11,21H,3,5-6,12-13H2,(H,30,31)(H,25,26,27). The first-order valence-electron chi connectivity index (χ1n) is 10.6. The van der Waals surface area contributed by atoms with Crippen molar-refractivity contribution in [3.63, 3.8) is 0 Å². The second kappa shape index (κ2) is 9.07. The molecule has 0 saturated carbocycles. The highest BCUT2D eigenvalue weighted by atomic mass is 32.2. The summed E-state index contributed by atoms with van der Waals surface area (Å²) in [7, 11) is 0. The number of thioether (sulfide) groups is 1. The van der Waals surface area contributed by atoms with Crippen molar-refractivity contribution in [3.05, 3.63) is 71.2 Å². The number of nitrogens with zero attached hydrogens (tertiary/aromatic N) is 4. The quantitative estimate of drug-likeness (QED) is 0.508. The number of hydrogen-bond acceptors (Lipinski definition) is 8. The van der Waals surface area contributed by atoms with E-state index < -0.39 is 18.6 Å². The Morgan fingerprint density at radius 2 is 2.06 bits per heavy atom. The summed E-state index contributed by atoms with van der Waals surface area (Å²) in [5.41, 5.74) is 3.39. The highest BCUT2D eigenvalue weighted by molar-refractivity contribution is 7.98. The zero-order valence-corrected chi connectivity index (χ0v) is 18.4. The molecule has 9 nitrogen and oxygen atoms in total. The van der Waals surface area contributed by atoms with E-state index in [1.807, 2.05) is 30.3 Å². The molecule has 0 fully saturated rings. The number of carbonyl (C=O) groups is 2. The summed E-state index contributed by atoms with van der Waals surface area (Å²) in [6.45, 7) is -0.412. The van der Waals surface area contributed by atoms with Crippen molar-refractivity contribution in [1.29, 1.82) is 0 Å². The number of benzene rings is 1. The van der Waals surface area contributed by atoms with Gasteiger partial charge in [-0.1, -0.05) is 30.0 Å². The van der Waals surface area contributed by atoms with E-state index in [1.54, 1.807) is 23.0 Å². The summed E-state index contributed by atoms with van der Waals surface area (Å²) in [5, 5.41) is 17.5. The number of carboxylic acids is 1. The van der Waals surface area contributed by atoms with E-state index in [-0.39, 0.29) is 5.78 Å². The van der Waals surface area contributed by atoms with Crippen molar-refractivity contribution < 1.29 is 19.4 Å². The van der Waals surface area contributed by atoms with Crippen molar-refractivity contribution in [2.45, 2.75) is 36.2 Å². The Morgan fingerprint density at radius 3 is 2.82 bits per heavy atom. The van der Waals surface area contributed by atoms with E-state index in [2.05, 4.69) is 15.3 Å². The molecule has 33 heavy (non-hydrogen) atoms. The highest BCUT2D eigenvalue weighted by Gasteiger charge is 2.36. The van der Waals surface area contributed by atoms with Gasteiger partial charge >= 0.3 is 5.97 Å². The predicted octanol–water partition coefficient (Wildman–Crippen LogP) is 3.45. The van der Waals surface area contributed by atoms with Crippen molar-refractivity contribution in [2.24, 2.45) is 0 Å². The fraction of sp³-hybridized carbons (Fsp3) is 0.261. The van der Waals surface area contributed by atoms with Gasteiger partial charge in [-0.25, -0.2) is 9.48 Å². The van der Waals surface area contributed by atoms with Crippen molar-refractivity contribution >= 4 is 29.5 Å². The number of aromatic nitrogens is 4. The van der Waals surface area contributed by atoms with Crippen molar-refractivity contribution in [3.8, 4) is 5.75 Å². The molecule has 2 N–H and O–H groups in total. The van der Waals surface area contributed by atoms with E-state index in [0.29, 0.717) is 34.6 Å². The van der Waals surface area contributed by atoms with Gasteiger partial charge in [-0.3, -0.25) is 9.78 Å². The van der Waals surface area contributed by atoms with Gasteiger partial charge in [0.2, 0.25) is 11.1 Å². The number of fused-ring (bicyclic) bond motifs is 1. The van der Waals surface area contributed by atoms with Crippen LogP contribution in [0.2, 0.25) is 0 Å². The molecule has 1 aliphatic carbocycles. The number of ether oxygens (including phenoxy) is 1. The fourth-order valence-corrected chi connectivity index (χ4v) is 4.76. The lowest BCUT2D eigenvalue weighted by Crippen LogP contribution is -2.31. The second-order valence-electron chi connectivity index (χ2n) is 7.72. The van der Waals surface area contributed by atoms with E-state index in [9.17, 15) is 9.59 Å². The summed E-state index contributed by atoms with van der Waals surface area (Å²) in [5.74, 6) is 0.746. The van der Waals surface area contributed by atoms with Crippen LogP contribution in [0.15, 0.2) is 65.1 Å². The normalized spacial score (nSPS) is 17.2. The molecule has 3 aromatic rings. The Kier molecular flexibility index (Phi) is 5.82. The number of hydrogen-bond donors (Lipinski definition) is 2. The van der Waals surface area contributed by atoms with Gasteiger partial charge in [-0.15, -0.1) is 5.10 Å². The van der Waals surface area contributed by atoms with Gasteiger partial charge in [0, 0.05) is 29.6 Å². The lowest BCUT2D eigenvalue weighted by atomic mass is 9.85. The Balaban J connectivity index is 1.46. The van der Waals surface area contributed by atoms with Gasteiger partial charge in [-0.05, 0) is 42.7 Å². The highest BCUT2D eigenvalue weighted by Crippen LogP contribution is 2.41. The second-order valence-corrected chi connectivity index (χ2v) is 8.66.